The van der Waals surface area contributed by atoms with E-state index in [0.29, 0.717) is 24.7 Å². The quantitative estimate of drug-likeness (QED) is 0.848. The van der Waals surface area contributed by atoms with E-state index < -0.39 is 12.1 Å². The van der Waals surface area contributed by atoms with Gasteiger partial charge in [-0.05, 0) is 37.8 Å². The van der Waals surface area contributed by atoms with E-state index in [0.717, 1.165) is 4.88 Å². The van der Waals surface area contributed by atoms with E-state index in [1.807, 2.05) is 24.4 Å². The smallest absolute Gasteiger partial charge is 0.393 e. The van der Waals surface area contributed by atoms with Gasteiger partial charge in [-0.3, -0.25) is 4.90 Å². The number of aromatic nitrogens is 2. The van der Waals surface area contributed by atoms with Gasteiger partial charge >= 0.3 is 6.18 Å². The van der Waals surface area contributed by atoms with Gasteiger partial charge in [-0.1, -0.05) is 6.07 Å². The Bertz CT molecular complexity index is 611. The zero-order valence-electron chi connectivity index (χ0n) is 12.0. The summed E-state index contributed by atoms with van der Waals surface area (Å²) in [6.07, 6.45) is -3.42. The highest BCUT2D eigenvalue weighted by atomic mass is 32.1. The van der Waals surface area contributed by atoms with Gasteiger partial charge < -0.3 is 4.42 Å². The zero-order valence-corrected chi connectivity index (χ0v) is 12.8. The fourth-order valence-corrected chi connectivity index (χ4v) is 3.33. The van der Waals surface area contributed by atoms with Crippen LogP contribution in [-0.2, 0) is 0 Å². The van der Waals surface area contributed by atoms with Crippen LogP contribution in [-0.4, -0.2) is 34.4 Å². The van der Waals surface area contributed by atoms with Crippen LogP contribution in [0.4, 0.5) is 13.2 Å². The van der Waals surface area contributed by atoms with Crippen molar-refractivity contribution >= 4 is 11.3 Å². The average Bonchev–Trinajstić information content (AvgIpc) is 3.16. The van der Waals surface area contributed by atoms with Gasteiger partial charge in [0, 0.05) is 6.54 Å². The van der Waals surface area contributed by atoms with Crippen molar-refractivity contribution in [2.75, 3.05) is 13.1 Å². The third kappa shape index (κ3) is 3.17. The zero-order chi connectivity index (χ0) is 15.7. The van der Waals surface area contributed by atoms with Crippen LogP contribution in [0.1, 0.15) is 31.7 Å². The van der Waals surface area contributed by atoms with Crippen LogP contribution >= 0.6 is 11.3 Å². The molecule has 22 heavy (non-hydrogen) atoms. The lowest BCUT2D eigenvalue weighted by Crippen LogP contribution is -2.42. The molecule has 3 rings (SSSR count). The van der Waals surface area contributed by atoms with Gasteiger partial charge in [0.1, 0.15) is 0 Å². The summed E-state index contributed by atoms with van der Waals surface area (Å²) >= 11 is 1.48. The number of hydrogen-bond acceptors (Lipinski definition) is 5. The van der Waals surface area contributed by atoms with E-state index in [4.69, 9.17) is 4.42 Å². The summed E-state index contributed by atoms with van der Waals surface area (Å²) in [5.74, 6) is -0.490. The molecule has 3 heterocycles. The molecule has 4 nitrogen and oxygen atoms in total. The van der Waals surface area contributed by atoms with Crippen molar-refractivity contribution in [3.05, 3.63) is 23.4 Å². The Labute approximate surface area is 130 Å². The minimum absolute atomic E-state index is 0.0125. The molecule has 0 spiro atoms. The largest absolute Gasteiger partial charge is 0.418 e. The highest BCUT2D eigenvalue weighted by molar-refractivity contribution is 7.13. The van der Waals surface area contributed by atoms with Crippen molar-refractivity contribution in [1.29, 1.82) is 0 Å². The lowest BCUT2D eigenvalue weighted by atomic mass is 9.96. The molecular weight excluding hydrogens is 315 g/mol. The van der Waals surface area contributed by atoms with Crippen LogP contribution in [0.2, 0.25) is 0 Å². The summed E-state index contributed by atoms with van der Waals surface area (Å²) in [6.45, 7) is 2.41. The molecule has 1 saturated heterocycles. The Morgan fingerprint density at radius 3 is 2.91 bits per heavy atom. The molecule has 0 saturated carbocycles. The molecule has 0 amide bonds. The maximum Gasteiger partial charge on any atom is 0.393 e. The molecule has 120 valence electrons. The number of hydrogen-bond donors (Lipinski definition) is 0. The summed E-state index contributed by atoms with van der Waals surface area (Å²) in [5, 5.41) is 9.89. The van der Waals surface area contributed by atoms with E-state index in [1.165, 1.54) is 11.3 Å². The molecule has 1 aliphatic rings. The van der Waals surface area contributed by atoms with Gasteiger partial charge in [0.2, 0.25) is 5.89 Å². The monoisotopic (exact) mass is 331 g/mol. The summed E-state index contributed by atoms with van der Waals surface area (Å²) in [5.41, 5.74) is 0. The molecule has 0 bridgehead atoms. The maximum atomic E-state index is 12.9. The number of halogens is 3. The van der Waals surface area contributed by atoms with Crippen LogP contribution < -0.4 is 0 Å². The van der Waals surface area contributed by atoms with Crippen molar-refractivity contribution in [2.24, 2.45) is 5.92 Å². The molecule has 0 N–H and O–H groups in total. The van der Waals surface area contributed by atoms with Gasteiger partial charge in [-0.25, -0.2) is 0 Å². The number of alkyl halides is 3. The van der Waals surface area contributed by atoms with Crippen LogP contribution in [0.5, 0.6) is 0 Å². The number of likely N-dealkylation sites (tertiary alicyclic amines) is 1. The molecule has 1 fully saturated rings. The molecular formula is C14H16F3N3OS. The van der Waals surface area contributed by atoms with E-state index in [9.17, 15) is 13.2 Å². The Morgan fingerprint density at radius 1 is 1.41 bits per heavy atom. The van der Waals surface area contributed by atoms with Gasteiger partial charge in [-0.15, -0.1) is 21.5 Å². The van der Waals surface area contributed by atoms with Gasteiger partial charge in [-0.2, -0.15) is 13.2 Å². The van der Waals surface area contributed by atoms with Crippen molar-refractivity contribution in [2.45, 2.75) is 32.0 Å². The molecule has 2 atom stereocenters. The standard InChI is InChI=1S/C14H16F3N3OS/c1-9(20-6-2-4-10(8-20)14(15,16)17)12-18-19-13(21-12)11-5-3-7-22-11/h3,5,7,9-10H,2,4,6,8H2,1H3/t9-,10-/m0/s1. The van der Waals surface area contributed by atoms with Gasteiger partial charge in [0.25, 0.3) is 5.89 Å². The van der Waals surface area contributed by atoms with Crippen molar-refractivity contribution in [1.82, 2.24) is 15.1 Å². The second-order valence-corrected chi connectivity index (χ2v) is 6.42. The first kappa shape index (κ1) is 15.5. The number of piperidine rings is 1. The normalized spacial score (nSPS) is 21.9. The third-order valence-electron chi connectivity index (χ3n) is 3.99. The minimum atomic E-state index is -4.14. The van der Waals surface area contributed by atoms with Crippen LogP contribution in [0.3, 0.4) is 0 Å². The Kier molecular flexibility index (Phi) is 4.22. The average molecular weight is 331 g/mol. The van der Waals surface area contributed by atoms with E-state index in [1.54, 1.807) is 4.90 Å². The molecule has 0 unspecified atom stereocenters. The molecule has 0 aromatic carbocycles. The predicted octanol–water partition coefficient (Wildman–Crippen LogP) is 4.13. The second-order valence-electron chi connectivity index (χ2n) is 5.47. The van der Waals surface area contributed by atoms with Crippen LogP contribution in [0.25, 0.3) is 10.8 Å². The molecule has 0 aliphatic carbocycles. The highest BCUT2D eigenvalue weighted by Crippen LogP contribution is 2.36. The minimum Gasteiger partial charge on any atom is -0.418 e. The molecule has 2 aromatic rings. The Morgan fingerprint density at radius 2 is 2.23 bits per heavy atom. The first-order valence-corrected chi connectivity index (χ1v) is 8.01. The van der Waals surface area contributed by atoms with Crippen molar-refractivity contribution < 1.29 is 17.6 Å². The topological polar surface area (TPSA) is 42.2 Å². The lowest BCUT2D eigenvalue weighted by molar-refractivity contribution is -0.188. The highest BCUT2D eigenvalue weighted by Gasteiger charge is 2.43. The van der Waals surface area contributed by atoms with Gasteiger partial charge in [0.05, 0.1) is 16.8 Å². The predicted molar refractivity (Wildman–Crippen MR) is 76.4 cm³/mol. The number of nitrogens with zero attached hydrogens (tertiary/aromatic N) is 3. The van der Waals surface area contributed by atoms with E-state index in [-0.39, 0.29) is 19.0 Å². The van der Waals surface area contributed by atoms with Crippen LogP contribution in [0.15, 0.2) is 21.9 Å². The Hall–Kier alpha value is -1.41. The maximum absolute atomic E-state index is 12.9. The van der Waals surface area contributed by atoms with E-state index in [2.05, 4.69) is 10.2 Å². The van der Waals surface area contributed by atoms with Crippen LogP contribution in [0, 0.1) is 5.92 Å². The molecule has 0 radical (unpaired) electrons. The second kappa shape index (κ2) is 6.00. The number of rotatable bonds is 3. The first-order valence-electron chi connectivity index (χ1n) is 7.13. The lowest BCUT2D eigenvalue weighted by Gasteiger charge is -2.36. The van der Waals surface area contributed by atoms with Gasteiger partial charge in [0.15, 0.2) is 0 Å². The molecule has 8 heteroatoms. The summed E-state index contributed by atoms with van der Waals surface area (Å²) < 4.78 is 44.3. The third-order valence-corrected chi connectivity index (χ3v) is 4.85. The summed E-state index contributed by atoms with van der Waals surface area (Å²) in [4.78, 5) is 2.63. The molecule has 2 aromatic heterocycles. The van der Waals surface area contributed by atoms with E-state index >= 15 is 0 Å². The fraction of sp³-hybridized carbons (Fsp3) is 0.571. The van der Waals surface area contributed by atoms with Crippen molar-refractivity contribution in [3.8, 4) is 10.8 Å². The summed E-state index contributed by atoms with van der Waals surface area (Å²) in [6, 6.07) is 3.44. The Balaban J connectivity index is 1.72. The SMILES string of the molecule is C[C@@H](c1nnc(-c2cccs2)o1)N1CCC[C@H](C(F)(F)F)C1. The molecule has 1 aliphatic heterocycles. The van der Waals surface area contributed by atoms with Crippen molar-refractivity contribution in [3.63, 3.8) is 0 Å². The fourth-order valence-electron chi connectivity index (χ4n) is 2.68. The summed E-state index contributed by atoms with van der Waals surface area (Å²) in [7, 11) is 0. The number of thiophene rings is 1. The first-order chi connectivity index (χ1) is 10.4.